The van der Waals surface area contributed by atoms with Gasteiger partial charge in [0.2, 0.25) is 15.9 Å². The monoisotopic (exact) mass is 589 g/mol. The van der Waals surface area contributed by atoms with Crippen molar-refractivity contribution in [1.29, 1.82) is 0 Å². The van der Waals surface area contributed by atoms with Crippen molar-refractivity contribution in [3.8, 4) is 5.75 Å². The van der Waals surface area contributed by atoms with E-state index in [1.165, 1.54) is 17.7 Å². The maximum Gasteiger partial charge on any atom is 0.242 e. The average Bonchev–Trinajstić information content (AvgIpc) is 2.97. The van der Waals surface area contributed by atoms with Crippen LogP contribution in [0, 0.1) is 6.92 Å². The first kappa shape index (κ1) is 29.6. The van der Waals surface area contributed by atoms with E-state index in [-0.39, 0.29) is 11.5 Å². The van der Waals surface area contributed by atoms with Crippen molar-refractivity contribution in [3.05, 3.63) is 102 Å². The van der Waals surface area contributed by atoms with E-state index in [0.717, 1.165) is 28.7 Å². The van der Waals surface area contributed by atoms with E-state index in [9.17, 15) is 18.3 Å². The van der Waals surface area contributed by atoms with E-state index in [2.05, 4.69) is 26.7 Å². The van der Waals surface area contributed by atoms with E-state index in [4.69, 9.17) is 10.5 Å². The number of para-hydroxylation sites is 1. The van der Waals surface area contributed by atoms with Crippen LogP contribution in [-0.4, -0.2) is 72.7 Å². The number of carbonyl (C=O) groups excluding carboxylic acids is 1. The number of fused-ring (bicyclic) bond motifs is 1. The molecule has 0 radical (unpaired) electrons. The molecule has 42 heavy (non-hydrogen) atoms. The van der Waals surface area contributed by atoms with Crippen molar-refractivity contribution in [3.63, 3.8) is 0 Å². The molecule has 0 spiro atoms. The first-order chi connectivity index (χ1) is 20.2. The number of aliphatic hydroxyl groups is 1. The van der Waals surface area contributed by atoms with Crippen LogP contribution >= 0.6 is 0 Å². The van der Waals surface area contributed by atoms with Gasteiger partial charge >= 0.3 is 0 Å². The Morgan fingerprint density at radius 2 is 1.67 bits per heavy atom. The fourth-order valence-corrected chi connectivity index (χ4v) is 6.34. The zero-order valence-electron chi connectivity index (χ0n) is 23.4. The molecule has 1 aliphatic rings. The maximum absolute atomic E-state index is 13.1. The summed E-state index contributed by atoms with van der Waals surface area (Å²) in [5.74, 6) is -0.319. The van der Waals surface area contributed by atoms with Gasteiger partial charge < -0.3 is 15.6 Å². The molecule has 1 saturated heterocycles. The number of aryl methyl sites for hydroxylation is 1. The molecule has 0 saturated carbocycles. The third-order valence-corrected chi connectivity index (χ3v) is 8.82. The number of pyridine rings is 1. The highest BCUT2D eigenvalue weighted by Crippen LogP contribution is 2.22. The quantitative estimate of drug-likeness (QED) is 0.227. The first-order valence-corrected chi connectivity index (χ1v) is 15.3. The van der Waals surface area contributed by atoms with E-state index in [1.54, 1.807) is 17.0 Å². The van der Waals surface area contributed by atoms with Gasteiger partial charge in [0, 0.05) is 49.4 Å². The number of amides is 1. The molecule has 2 atom stereocenters. The van der Waals surface area contributed by atoms with Crippen LogP contribution in [0.4, 0.5) is 0 Å². The average molecular weight is 590 g/mol. The maximum atomic E-state index is 13.1. The van der Waals surface area contributed by atoms with Gasteiger partial charge in [-0.1, -0.05) is 48.5 Å². The van der Waals surface area contributed by atoms with Crippen LogP contribution < -0.4 is 15.2 Å². The number of primary amides is 1. The van der Waals surface area contributed by atoms with Gasteiger partial charge in [0.05, 0.1) is 10.4 Å². The van der Waals surface area contributed by atoms with Crippen LogP contribution in [0.3, 0.4) is 0 Å². The number of ether oxygens (including phenoxy) is 1. The molecule has 11 heteroatoms. The third kappa shape index (κ3) is 7.12. The Balaban J connectivity index is 1.19. The lowest BCUT2D eigenvalue weighted by molar-refractivity contribution is -0.128. The number of aromatic nitrogens is 1. The number of nitrogens with one attached hydrogen (secondary N) is 1. The Bertz CT molecular complexity index is 1630. The zero-order chi connectivity index (χ0) is 29.7. The van der Waals surface area contributed by atoms with Crippen LogP contribution in [-0.2, 0) is 28.0 Å². The fraction of sp³-hybridized carbons (Fsp3) is 0.290. The molecule has 220 valence electrons. The lowest BCUT2D eigenvalue weighted by atomic mass is 10.1. The van der Waals surface area contributed by atoms with Gasteiger partial charge in [-0.15, -0.1) is 0 Å². The van der Waals surface area contributed by atoms with Crippen LogP contribution in [0.2, 0.25) is 0 Å². The molecule has 10 nitrogen and oxygen atoms in total. The minimum Gasteiger partial charge on any atom is -0.489 e. The minimum atomic E-state index is -4.16. The number of rotatable bonds is 11. The Morgan fingerprint density at radius 3 is 2.36 bits per heavy atom. The second-order valence-corrected chi connectivity index (χ2v) is 12.1. The van der Waals surface area contributed by atoms with Crippen molar-refractivity contribution in [2.45, 2.75) is 37.2 Å². The van der Waals surface area contributed by atoms with Crippen molar-refractivity contribution >= 4 is 26.8 Å². The molecular weight excluding hydrogens is 554 g/mol. The predicted octanol–water partition coefficient (Wildman–Crippen LogP) is 2.39. The normalized spacial score (nSPS) is 16.2. The summed E-state index contributed by atoms with van der Waals surface area (Å²) in [5, 5.41) is 11.8. The SMILES string of the molecule is Cc1cc(COc2ccc(S(=O)(=O)NC(O)C(C(N)=O)N3CCN(Cc4ccccc4)CC3)cc2)c2ccccc2n1. The molecule has 5 rings (SSSR count). The second-order valence-electron chi connectivity index (χ2n) is 10.4. The topological polar surface area (TPSA) is 138 Å². The highest BCUT2D eigenvalue weighted by molar-refractivity contribution is 7.89. The smallest absolute Gasteiger partial charge is 0.242 e. The summed E-state index contributed by atoms with van der Waals surface area (Å²) < 4.78 is 34.3. The lowest BCUT2D eigenvalue weighted by Gasteiger charge is -2.39. The first-order valence-electron chi connectivity index (χ1n) is 13.8. The van der Waals surface area contributed by atoms with Gasteiger partial charge in [0.1, 0.15) is 24.6 Å². The van der Waals surface area contributed by atoms with E-state index in [0.29, 0.717) is 31.9 Å². The molecular formula is C31H35N5O5S. The molecule has 3 aromatic carbocycles. The molecule has 0 bridgehead atoms. The number of sulfonamides is 1. The molecule has 2 unspecified atom stereocenters. The van der Waals surface area contributed by atoms with Gasteiger partial charge in [0.15, 0.2) is 0 Å². The molecule has 1 amide bonds. The highest BCUT2D eigenvalue weighted by Gasteiger charge is 2.35. The summed E-state index contributed by atoms with van der Waals surface area (Å²) in [7, 11) is -4.16. The van der Waals surface area contributed by atoms with E-state index >= 15 is 0 Å². The summed E-state index contributed by atoms with van der Waals surface area (Å²) in [4.78, 5) is 20.7. The summed E-state index contributed by atoms with van der Waals surface area (Å²) >= 11 is 0. The number of nitrogens with zero attached hydrogens (tertiary/aromatic N) is 3. The number of nitrogens with two attached hydrogens (primary N) is 1. The number of carbonyl (C=O) groups is 1. The van der Waals surface area contributed by atoms with Crippen molar-refractivity contribution < 1.29 is 23.1 Å². The number of piperazine rings is 1. The Kier molecular flexibility index (Phi) is 9.15. The van der Waals surface area contributed by atoms with Gasteiger partial charge in [-0.3, -0.25) is 19.6 Å². The van der Waals surface area contributed by atoms with Crippen LogP contribution in [0.1, 0.15) is 16.8 Å². The van der Waals surface area contributed by atoms with Gasteiger partial charge in [-0.2, -0.15) is 4.72 Å². The number of hydrogen-bond acceptors (Lipinski definition) is 8. The van der Waals surface area contributed by atoms with E-state index < -0.39 is 28.2 Å². The second kappa shape index (κ2) is 13.0. The molecule has 4 N–H and O–H groups in total. The molecule has 1 aromatic heterocycles. The van der Waals surface area contributed by atoms with Gasteiger partial charge in [-0.05, 0) is 48.9 Å². The Morgan fingerprint density at radius 1 is 1.00 bits per heavy atom. The zero-order valence-corrected chi connectivity index (χ0v) is 24.2. The van der Waals surface area contributed by atoms with Crippen LogP contribution in [0.5, 0.6) is 5.75 Å². The molecule has 2 heterocycles. The Labute approximate surface area is 245 Å². The molecule has 1 aliphatic heterocycles. The molecule has 0 aliphatic carbocycles. The van der Waals surface area contributed by atoms with Crippen molar-refractivity contribution in [1.82, 2.24) is 19.5 Å². The highest BCUT2D eigenvalue weighted by atomic mass is 32.2. The lowest BCUT2D eigenvalue weighted by Crippen LogP contribution is -2.61. The largest absolute Gasteiger partial charge is 0.489 e. The van der Waals surface area contributed by atoms with Crippen molar-refractivity contribution in [2.75, 3.05) is 26.2 Å². The molecule has 1 fully saturated rings. The summed E-state index contributed by atoms with van der Waals surface area (Å²) in [6.45, 7) is 5.18. The fourth-order valence-electron chi connectivity index (χ4n) is 5.26. The third-order valence-electron chi connectivity index (χ3n) is 7.37. The summed E-state index contributed by atoms with van der Waals surface area (Å²) in [6, 6.07) is 24.5. The van der Waals surface area contributed by atoms with Gasteiger partial charge in [0.25, 0.3) is 0 Å². The number of benzene rings is 3. The van der Waals surface area contributed by atoms with Crippen LogP contribution in [0.15, 0.2) is 89.8 Å². The Hall–Kier alpha value is -3.87. The number of aliphatic hydroxyl groups excluding tert-OH is 1. The summed E-state index contributed by atoms with van der Waals surface area (Å²) in [5.41, 5.74) is 9.53. The van der Waals surface area contributed by atoms with E-state index in [1.807, 2.05) is 55.5 Å². The van der Waals surface area contributed by atoms with Crippen LogP contribution in [0.25, 0.3) is 10.9 Å². The van der Waals surface area contributed by atoms with Crippen molar-refractivity contribution in [2.24, 2.45) is 5.73 Å². The minimum absolute atomic E-state index is 0.0741. The van der Waals surface area contributed by atoms with Gasteiger partial charge in [-0.25, -0.2) is 8.42 Å². The standard InChI is InChI=1S/C31H35N5O5S/c1-22-19-24(27-9-5-6-10-28(27)33-22)21-41-25-11-13-26(14-12-25)42(39,40)34-31(38)29(30(32)37)36-17-15-35(16-18-36)20-23-7-3-2-4-8-23/h2-14,19,29,31,34,38H,15-18,20-21H2,1H3,(H2,32,37). The number of hydrogen-bond donors (Lipinski definition) is 3. The summed E-state index contributed by atoms with van der Waals surface area (Å²) in [6.07, 6.45) is -1.72. The molecule has 4 aromatic rings. The predicted molar refractivity (Wildman–Crippen MR) is 160 cm³/mol.